The minimum absolute atomic E-state index is 0.0131. The van der Waals surface area contributed by atoms with Crippen molar-refractivity contribution in [2.45, 2.75) is 64.1 Å². The maximum absolute atomic E-state index is 12.1. The van der Waals surface area contributed by atoms with Crippen LogP contribution in [0.1, 0.15) is 41.5 Å². The summed E-state index contributed by atoms with van der Waals surface area (Å²) in [5.41, 5.74) is -1.72. The number of aliphatic carboxylic acids is 1. The van der Waals surface area contributed by atoms with E-state index in [1.807, 2.05) is 16.0 Å². The van der Waals surface area contributed by atoms with Crippen molar-refractivity contribution < 1.29 is 29.0 Å². The molecule has 0 saturated heterocycles. The number of ether oxygens (including phenoxy) is 2. The molecule has 0 radical (unpaired) electrons. The summed E-state index contributed by atoms with van der Waals surface area (Å²) in [5, 5.41) is 9.16. The number of carbonyl (C=O) groups excluding carboxylic acids is 2. The number of carbonyl (C=O) groups is 3. The average molecular weight is 368 g/mol. The van der Waals surface area contributed by atoms with Crippen LogP contribution in [0.2, 0.25) is 5.32 Å². The number of hydrogen-bond donors (Lipinski definition) is 1. The quantitative estimate of drug-likeness (QED) is 0.766. The van der Waals surface area contributed by atoms with E-state index in [1.54, 1.807) is 41.5 Å². The number of imide groups is 1. The topological polar surface area (TPSA) is 93.1 Å². The number of hydrogen-bond acceptors (Lipinski definition) is 5. The molecule has 1 N–H and O–H groups in total. The molecular formula is C13H23NO6Se. The van der Waals surface area contributed by atoms with Crippen molar-refractivity contribution >= 4 is 34.2 Å². The van der Waals surface area contributed by atoms with Gasteiger partial charge in [0.1, 0.15) is 0 Å². The molecule has 0 aromatic heterocycles. The minimum atomic E-state index is -1.37. The van der Waals surface area contributed by atoms with Gasteiger partial charge in [0.15, 0.2) is 0 Å². The second-order valence-corrected chi connectivity index (χ2v) is 7.13. The van der Waals surface area contributed by atoms with Gasteiger partial charge in [0, 0.05) is 0 Å². The molecular weight excluding hydrogens is 345 g/mol. The standard InChI is InChI=1S/C13H23NO6Se/c1-12(2,3)19-10(17)14(8(7-21)9(15)16)11(18)20-13(4,5)6/h8,21H,7H2,1-6H3,(H,15,16). The molecule has 0 aromatic carbocycles. The predicted molar refractivity (Wildman–Crippen MR) is 77.7 cm³/mol. The van der Waals surface area contributed by atoms with Crippen LogP contribution in [0.3, 0.4) is 0 Å². The van der Waals surface area contributed by atoms with E-state index in [1.165, 1.54) is 0 Å². The van der Waals surface area contributed by atoms with Gasteiger partial charge in [0.25, 0.3) is 0 Å². The molecule has 1 atom stereocenters. The summed E-state index contributed by atoms with van der Waals surface area (Å²) in [5.74, 6) is -1.31. The summed E-state index contributed by atoms with van der Waals surface area (Å²) < 4.78 is 10.2. The third-order valence-electron chi connectivity index (χ3n) is 1.95. The molecule has 0 aliphatic heterocycles. The normalized spacial score (nSPS) is 13.3. The summed E-state index contributed by atoms with van der Waals surface area (Å²) in [6, 6.07) is -1.37. The molecule has 8 heteroatoms. The molecule has 21 heavy (non-hydrogen) atoms. The van der Waals surface area contributed by atoms with E-state index in [-0.39, 0.29) is 5.32 Å². The van der Waals surface area contributed by atoms with Gasteiger partial charge in [-0.05, 0) is 0 Å². The van der Waals surface area contributed by atoms with E-state index in [2.05, 4.69) is 0 Å². The van der Waals surface area contributed by atoms with E-state index in [4.69, 9.17) is 9.47 Å². The predicted octanol–water partition coefficient (Wildman–Crippen LogP) is 1.93. The first kappa shape index (κ1) is 19.7. The molecule has 0 heterocycles. The van der Waals surface area contributed by atoms with Gasteiger partial charge in [-0.25, -0.2) is 0 Å². The number of amides is 2. The SMILES string of the molecule is CC(C)(C)OC(=O)N(C(=O)OC(C)(C)C)C(C[SeH])C(=O)O. The molecule has 0 saturated carbocycles. The Morgan fingerprint density at radius 3 is 1.52 bits per heavy atom. The van der Waals surface area contributed by atoms with E-state index < -0.39 is 35.4 Å². The molecule has 0 fully saturated rings. The van der Waals surface area contributed by atoms with Gasteiger partial charge >= 0.3 is 132 Å². The van der Waals surface area contributed by atoms with Gasteiger partial charge in [-0.3, -0.25) is 0 Å². The number of rotatable bonds is 3. The summed E-state index contributed by atoms with van der Waals surface area (Å²) in [6.45, 7) is 9.73. The zero-order valence-electron chi connectivity index (χ0n) is 13.2. The first-order valence-electron chi connectivity index (χ1n) is 6.37. The molecule has 0 aliphatic rings. The first-order valence-corrected chi connectivity index (χ1v) is 7.70. The Bertz CT molecular complexity index is 382. The van der Waals surface area contributed by atoms with Crippen molar-refractivity contribution in [2.24, 2.45) is 0 Å². The Kier molecular flexibility index (Phi) is 6.70. The van der Waals surface area contributed by atoms with Gasteiger partial charge < -0.3 is 0 Å². The van der Waals surface area contributed by atoms with E-state index in [0.29, 0.717) is 4.90 Å². The molecule has 7 nitrogen and oxygen atoms in total. The van der Waals surface area contributed by atoms with Crippen LogP contribution >= 0.6 is 0 Å². The number of carboxylic acids is 1. The molecule has 122 valence electrons. The Labute approximate surface area is 132 Å². The van der Waals surface area contributed by atoms with Gasteiger partial charge in [0.05, 0.1) is 0 Å². The Balaban J connectivity index is 5.42. The number of nitrogens with zero attached hydrogens (tertiary/aromatic N) is 1. The van der Waals surface area contributed by atoms with Crippen LogP contribution < -0.4 is 0 Å². The van der Waals surface area contributed by atoms with Gasteiger partial charge in [-0.1, -0.05) is 0 Å². The van der Waals surface area contributed by atoms with Crippen LogP contribution in [0.25, 0.3) is 0 Å². The average Bonchev–Trinajstić information content (AvgIpc) is 2.19. The van der Waals surface area contributed by atoms with Crippen molar-refractivity contribution in [3.63, 3.8) is 0 Å². The van der Waals surface area contributed by atoms with Crippen molar-refractivity contribution in [2.75, 3.05) is 0 Å². The molecule has 0 aliphatic carbocycles. The Hall–Kier alpha value is -1.27. The van der Waals surface area contributed by atoms with Gasteiger partial charge in [-0.2, -0.15) is 0 Å². The van der Waals surface area contributed by atoms with Crippen LogP contribution in [0.15, 0.2) is 0 Å². The van der Waals surface area contributed by atoms with E-state index >= 15 is 0 Å². The van der Waals surface area contributed by atoms with Crippen molar-refractivity contribution in [1.82, 2.24) is 4.90 Å². The van der Waals surface area contributed by atoms with Crippen LogP contribution in [0.4, 0.5) is 9.59 Å². The van der Waals surface area contributed by atoms with Crippen molar-refractivity contribution in [3.8, 4) is 0 Å². The zero-order valence-corrected chi connectivity index (χ0v) is 15.0. The molecule has 2 amide bonds. The molecule has 0 rings (SSSR count). The fourth-order valence-electron chi connectivity index (χ4n) is 1.22. The van der Waals surface area contributed by atoms with Crippen LogP contribution in [0, 0.1) is 0 Å². The van der Waals surface area contributed by atoms with Crippen LogP contribution in [-0.2, 0) is 14.3 Å². The van der Waals surface area contributed by atoms with E-state index in [9.17, 15) is 19.5 Å². The summed E-state index contributed by atoms with van der Waals surface area (Å²) in [7, 11) is 0. The summed E-state index contributed by atoms with van der Waals surface area (Å²) in [4.78, 5) is 36.0. The molecule has 0 aromatic rings. The third kappa shape index (κ3) is 7.34. The first-order chi connectivity index (χ1) is 9.28. The van der Waals surface area contributed by atoms with Gasteiger partial charge in [-0.15, -0.1) is 0 Å². The Morgan fingerprint density at radius 1 is 1.00 bits per heavy atom. The summed E-state index contributed by atoms with van der Waals surface area (Å²) in [6.07, 6.45) is -2.09. The van der Waals surface area contributed by atoms with Crippen molar-refractivity contribution in [1.29, 1.82) is 0 Å². The summed E-state index contributed by atoms with van der Waals surface area (Å²) >= 11 is 2.03. The molecule has 1 unspecified atom stereocenters. The fraction of sp³-hybridized carbons (Fsp3) is 0.769. The molecule has 0 spiro atoms. The van der Waals surface area contributed by atoms with Crippen LogP contribution in [0.5, 0.6) is 0 Å². The van der Waals surface area contributed by atoms with Crippen molar-refractivity contribution in [3.05, 3.63) is 0 Å². The second-order valence-electron chi connectivity index (χ2n) is 6.37. The fourth-order valence-corrected chi connectivity index (χ4v) is 1.89. The van der Waals surface area contributed by atoms with E-state index in [0.717, 1.165) is 0 Å². The monoisotopic (exact) mass is 369 g/mol. The maximum atomic E-state index is 12.1. The molecule has 0 bridgehead atoms. The Morgan fingerprint density at radius 2 is 1.33 bits per heavy atom. The van der Waals surface area contributed by atoms with Gasteiger partial charge in [0.2, 0.25) is 0 Å². The third-order valence-corrected chi connectivity index (χ3v) is 2.68. The van der Waals surface area contributed by atoms with Crippen LogP contribution in [-0.4, -0.2) is 61.4 Å². The second kappa shape index (κ2) is 7.13. The number of carboxylic acid groups (broad SMARTS) is 1. The zero-order chi connectivity index (χ0) is 17.0.